The van der Waals surface area contributed by atoms with E-state index in [0.717, 1.165) is 31.2 Å². The summed E-state index contributed by atoms with van der Waals surface area (Å²) in [6, 6.07) is 0.538. The first-order chi connectivity index (χ1) is 7.26. The van der Waals surface area contributed by atoms with Crippen molar-refractivity contribution in [3.05, 3.63) is 0 Å². The fraction of sp³-hybridized carbons (Fsp3) is 0.909. The number of likely N-dealkylation sites (tertiary alicyclic amines) is 1. The molecule has 1 atom stereocenters. The Balaban J connectivity index is 2.22. The maximum atomic E-state index is 5.23. The second-order valence-corrected chi connectivity index (χ2v) is 4.54. The van der Waals surface area contributed by atoms with Crippen molar-refractivity contribution in [2.24, 2.45) is 0 Å². The van der Waals surface area contributed by atoms with E-state index in [0.29, 0.717) is 6.04 Å². The van der Waals surface area contributed by atoms with Crippen molar-refractivity contribution in [3.8, 4) is 0 Å². The molecule has 1 aliphatic rings. The van der Waals surface area contributed by atoms with Crippen LogP contribution in [0.1, 0.15) is 33.1 Å². The summed E-state index contributed by atoms with van der Waals surface area (Å²) in [5.41, 5.74) is 0. The third-order valence-corrected chi connectivity index (χ3v) is 3.09. The standard InChI is InChI=1S/C11H23N3S/c1-3-7-12-11(15)13-10-6-5-8-14(4-2)9-10/h10H,3-9H2,1-2H3,(H2,12,13,15). The number of rotatable bonds is 4. The lowest BCUT2D eigenvalue weighted by Crippen LogP contribution is -2.50. The van der Waals surface area contributed by atoms with Gasteiger partial charge in [0.05, 0.1) is 0 Å². The molecular weight excluding hydrogens is 206 g/mol. The normalized spacial score (nSPS) is 22.4. The summed E-state index contributed by atoms with van der Waals surface area (Å²) in [6.07, 6.45) is 3.64. The molecule has 3 nitrogen and oxygen atoms in total. The highest BCUT2D eigenvalue weighted by molar-refractivity contribution is 7.80. The van der Waals surface area contributed by atoms with E-state index < -0.39 is 0 Å². The van der Waals surface area contributed by atoms with Crippen LogP contribution in [0.5, 0.6) is 0 Å². The van der Waals surface area contributed by atoms with Crippen molar-refractivity contribution >= 4 is 17.3 Å². The van der Waals surface area contributed by atoms with Crippen molar-refractivity contribution in [2.45, 2.75) is 39.2 Å². The topological polar surface area (TPSA) is 27.3 Å². The summed E-state index contributed by atoms with van der Waals surface area (Å²) in [5, 5.41) is 7.43. The predicted molar refractivity (Wildman–Crippen MR) is 69.2 cm³/mol. The first-order valence-corrected chi connectivity index (χ1v) is 6.43. The van der Waals surface area contributed by atoms with Crippen LogP contribution in [0.15, 0.2) is 0 Å². The molecule has 0 saturated carbocycles. The summed E-state index contributed by atoms with van der Waals surface area (Å²) in [5.74, 6) is 0. The second-order valence-electron chi connectivity index (χ2n) is 4.13. The lowest BCUT2D eigenvalue weighted by atomic mass is 10.1. The fourth-order valence-electron chi connectivity index (χ4n) is 1.94. The van der Waals surface area contributed by atoms with Gasteiger partial charge in [-0.25, -0.2) is 0 Å². The highest BCUT2D eigenvalue weighted by Crippen LogP contribution is 2.09. The van der Waals surface area contributed by atoms with E-state index in [1.54, 1.807) is 0 Å². The Morgan fingerprint density at radius 1 is 1.47 bits per heavy atom. The van der Waals surface area contributed by atoms with Gasteiger partial charge >= 0.3 is 0 Å². The Labute approximate surface area is 98.6 Å². The largest absolute Gasteiger partial charge is 0.363 e. The average molecular weight is 229 g/mol. The number of likely N-dealkylation sites (N-methyl/N-ethyl adjacent to an activating group) is 1. The van der Waals surface area contributed by atoms with Crippen LogP contribution in [0.4, 0.5) is 0 Å². The van der Waals surface area contributed by atoms with Crippen LogP contribution in [-0.4, -0.2) is 42.2 Å². The lowest BCUT2D eigenvalue weighted by molar-refractivity contribution is 0.210. The molecule has 0 aromatic rings. The molecular formula is C11H23N3S. The molecule has 1 heterocycles. The quantitative estimate of drug-likeness (QED) is 0.712. The van der Waals surface area contributed by atoms with Crippen LogP contribution < -0.4 is 10.6 Å². The van der Waals surface area contributed by atoms with Gasteiger partial charge in [-0.2, -0.15) is 0 Å². The van der Waals surface area contributed by atoms with Crippen molar-refractivity contribution in [1.82, 2.24) is 15.5 Å². The Morgan fingerprint density at radius 2 is 2.27 bits per heavy atom. The van der Waals surface area contributed by atoms with Crippen LogP contribution in [0.3, 0.4) is 0 Å². The Morgan fingerprint density at radius 3 is 2.93 bits per heavy atom. The van der Waals surface area contributed by atoms with E-state index in [-0.39, 0.29) is 0 Å². The van der Waals surface area contributed by atoms with Crippen LogP contribution >= 0.6 is 12.2 Å². The zero-order valence-electron chi connectivity index (χ0n) is 9.88. The summed E-state index contributed by atoms with van der Waals surface area (Å²) in [7, 11) is 0. The second kappa shape index (κ2) is 7.01. The Kier molecular flexibility index (Phi) is 5.95. The number of hydrogen-bond donors (Lipinski definition) is 2. The molecule has 1 unspecified atom stereocenters. The summed E-state index contributed by atoms with van der Waals surface area (Å²) in [4.78, 5) is 2.48. The molecule has 0 radical (unpaired) electrons. The van der Waals surface area contributed by atoms with Gasteiger partial charge in [0, 0.05) is 19.1 Å². The smallest absolute Gasteiger partial charge is 0.166 e. The van der Waals surface area contributed by atoms with Crippen molar-refractivity contribution < 1.29 is 0 Å². The van der Waals surface area contributed by atoms with E-state index in [1.165, 1.54) is 19.4 Å². The minimum atomic E-state index is 0.538. The summed E-state index contributed by atoms with van der Waals surface area (Å²) < 4.78 is 0. The zero-order valence-corrected chi connectivity index (χ0v) is 10.7. The molecule has 15 heavy (non-hydrogen) atoms. The highest BCUT2D eigenvalue weighted by atomic mass is 32.1. The van der Waals surface area contributed by atoms with Gasteiger partial charge < -0.3 is 15.5 Å². The molecule has 88 valence electrons. The van der Waals surface area contributed by atoms with Gasteiger partial charge in [0.15, 0.2) is 5.11 Å². The fourth-order valence-corrected chi connectivity index (χ4v) is 2.20. The average Bonchev–Trinajstić information content (AvgIpc) is 2.26. The summed E-state index contributed by atoms with van der Waals surface area (Å²) >= 11 is 5.23. The molecule has 0 bridgehead atoms. The van der Waals surface area contributed by atoms with E-state index in [1.807, 2.05) is 0 Å². The third kappa shape index (κ3) is 4.80. The van der Waals surface area contributed by atoms with Gasteiger partial charge in [-0.15, -0.1) is 0 Å². The molecule has 1 rings (SSSR count). The van der Waals surface area contributed by atoms with Crippen LogP contribution in [0.25, 0.3) is 0 Å². The maximum Gasteiger partial charge on any atom is 0.166 e. The van der Waals surface area contributed by atoms with Crippen molar-refractivity contribution in [1.29, 1.82) is 0 Å². The van der Waals surface area contributed by atoms with Gasteiger partial charge in [-0.3, -0.25) is 0 Å². The number of nitrogens with one attached hydrogen (secondary N) is 2. The molecule has 0 spiro atoms. The molecule has 2 N–H and O–H groups in total. The summed E-state index contributed by atoms with van der Waals surface area (Å²) in [6.45, 7) is 8.85. The van der Waals surface area contributed by atoms with Crippen LogP contribution in [0.2, 0.25) is 0 Å². The van der Waals surface area contributed by atoms with Crippen molar-refractivity contribution in [3.63, 3.8) is 0 Å². The maximum absolute atomic E-state index is 5.23. The first-order valence-electron chi connectivity index (χ1n) is 6.03. The number of nitrogens with zero attached hydrogens (tertiary/aromatic N) is 1. The first kappa shape index (κ1) is 12.7. The van der Waals surface area contributed by atoms with Gasteiger partial charge in [0.2, 0.25) is 0 Å². The van der Waals surface area contributed by atoms with E-state index in [4.69, 9.17) is 12.2 Å². The molecule has 0 amide bonds. The van der Waals surface area contributed by atoms with Gasteiger partial charge in [-0.05, 0) is 44.6 Å². The van der Waals surface area contributed by atoms with Gasteiger partial charge in [0.25, 0.3) is 0 Å². The molecule has 1 fully saturated rings. The van der Waals surface area contributed by atoms with E-state index in [2.05, 4.69) is 29.4 Å². The minimum Gasteiger partial charge on any atom is -0.363 e. The van der Waals surface area contributed by atoms with Crippen molar-refractivity contribution in [2.75, 3.05) is 26.2 Å². The van der Waals surface area contributed by atoms with Gasteiger partial charge in [-0.1, -0.05) is 13.8 Å². The Hall–Kier alpha value is -0.350. The Bertz CT molecular complexity index is 196. The third-order valence-electron chi connectivity index (χ3n) is 2.82. The molecule has 4 heteroatoms. The van der Waals surface area contributed by atoms with Crippen LogP contribution in [0, 0.1) is 0 Å². The molecule has 0 aliphatic carbocycles. The molecule has 0 aromatic carbocycles. The monoisotopic (exact) mass is 229 g/mol. The van der Waals surface area contributed by atoms with E-state index >= 15 is 0 Å². The number of hydrogen-bond acceptors (Lipinski definition) is 2. The molecule has 0 aromatic heterocycles. The number of piperidine rings is 1. The van der Waals surface area contributed by atoms with Crippen LogP contribution in [-0.2, 0) is 0 Å². The highest BCUT2D eigenvalue weighted by Gasteiger charge is 2.18. The van der Waals surface area contributed by atoms with E-state index in [9.17, 15) is 0 Å². The zero-order chi connectivity index (χ0) is 11.1. The van der Waals surface area contributed by atoms with Gasteiger partial charge in [0.1, 0.15) is 0 Å². The molecule has 1 saturated heterocycles. The minimum absolute atomic E-state index is 0.538. The SMILES string of the molecule is CCCNC(=S)NC1CCCN(CC)C1. The predicted octanol–water partition coefficient (Wildman–Crippen LogP) is 1.34. The molecule has 1 aliphatic heterocycles. The lowest BCUT2D eigenvalue weighted by Gasteiger charge is -2.32. The number of thiocarbonyl (C=S) groups is 1.